The predicted octanol–water partition coefficient (Wildman–Crippen LogP) is 1.78. The van der Waals surface area contributed by atoms with Gasteiger partial charge >= 0.3 is 0 Å². The summed E-state index contributed by atoms with van der Waals surface area (Å²) < 4.78 is 12.8. The summed E-state index contributed by atoms with van der Waals surface area (Å²) in [6.45, 7) is 5.28. The first-order valence-electron chi connectivity index (χ1n) is 5.89. The molecule has 0 bridgehead atoms. The molecule has 1 atom stereocenters. The summed E-state index contributed by atoms with van der Waals surface area (Å²) in [5.41, 5.74) is -0.339. The van der Waals surface area contributed by atoms with E-state index in [0.29, 0.717) is 13.2 Å². The van der Waals surface area contributed by atoms with Gasteiger partial charge in [-0.3, -0.25) is 4.68 Å². The Hall–Kier alpha value is -0.430. The van der Waals surface area contributed by atoms with Crippen LogP contribution in [0.3, 0.4) is 0 Å². The van der Waals surface area contributed by atoms with E-state index in [-0.39, 0.29) is 12.5 Å². The summed E-state index contributed by atoms with van der Waals surface area (Å²) in [6, 6.07) is 0. The second-order valence-corrected chi connectivity index (χ2v) is 5.42. The Morgan fingerprint density at radius 3 is 2.61 bits per heavy atom. The van der Waals surface area contributed by atoms with E-state index < -0.39 is 5.60 Å². The van der Waals surface area contributed by atoms with Gasteiger partial charge in [0, 0.05) is 14.2 Å². The maximum atomic E-state index is 10.9. The molecule has 1 aromatic heterocycles. The molecular formula is C12H21BrN2O3. The fraction of sp³-hybridized carbons (Fsp3) is 0.750. The third-order valence-corrected chi connectivity index (χ3v) is 3.61. The number of methoxy groups -OCH3 is 2. The molecule has 5 nitrogen and oxygen atoms in total. The molecule has 18 heavy (non-hydrogen) atoms. The molecule has 0 spiro atoms. The molecule has 1 rings (SSSR count). The lowest BCUT2D eigenvalue weighted by atomic mass is 9.87. The summed E-state index contributed by atoms with van der Waals surface area (Å²) in [6.07, 6.45) is 1.69. The van der Waals surface area contributed by atoms with E-state index in [2.05, 4.69) is 21.0 Å². The van der Waals surface area contributed by atoms with E-state index in [0.717, 1.165) is 10.2 Å². The number of rotatable bonds is 7. The molecule has 1 heterocycles. The monoisotopic (exact) mass is 320 g/mol. The summed E-state index contributed by atoms with van der Waals surface area (Å²) in [4.78, 5) is 0. The summed E-state index contributed by atoms with van der Waals surface area (Å²) in [7, 11) is 3.22. The zero-order valence-corrected chi connectivity index (χ0v) is 12.9. The Balaban J connectivity index is 3.14. The highest BCUT2D eigenvalue weighted by Gasteiger charge is 2.38. The van der Waals surface area contributed by atoms with Gasteiger partial charge in [0.2, 0.25) is 0 Å². The van der Waals surface area contributed by atoms with E-state index in [1.165, 1.54) is 0 Å². The number of hydrogen-bond acceptors (Lipinski definition) is 4. The van der Waals surface area contributed by atoms with Crippen molar-refractivity contribution in [1.29, 1.82) is 0 Å². The van der Waals surface area contributed by atoms with Crippen LogP contribution in [0.1, 0.15) is 19.5 Å². The molecule has 0 saturated carbocycles. The Morgan fingerprint density at radius 2 is 2.11 bits per heavy atom. The molecular weight excluding hydrogens is 300 g/mol. The molecule has 1 unspecified atom stereocenters. The van der Waals surface area contributed by atoms with Crippen LogP contribution in [-0.2, 0) is 21.6 Å². The third kappa shape index (κ3) is 3.12. The average molecular weight is 321 g/mol. The van der Waals surface area contributed by atoms with Gasteiger partial charge in [0.1, 0.15) is 5.60 Å². The Morgan fingerprint density at radius 1 is 1.44 bits per heavy atom. The van der Waals surface area contributed by atoms with Gasteiger partial charge in [-0.25, -0.2) is 0 Å². The largest absolute Gasteiger partial charge is 0.383 e. The van der Waals surface area contributed by atoms with Crippen molar-refractivity contribution in [3.8, 4) is 0 Å². The smallest absolute Gasteiger partial charge is 0.133 e. The number of nitrogens with zero attached hydrogens (tertiary/aromatic N) is 2. The third-order valence-electron chi connectivity index (χ3n) is 3.03. The predicted molar refractivity (Wildman–Crippen MR) is 72.4 cm³/mol. The number of aliphatic hydroxyl groups is 1. The van der Waals surface area contributed by atoms with Crippen molar-refractivity contribution >= 4 is 15.9 Å². The van der Waals surface area contributed by atoms with Gasteiger partial charge in [-0.15, -0.1) is 0 Å². The molecule has 0 aliphatic rings. The first kappa shape index (κ1) is 15.6. The van der Waals surface area contributed by atoms with Crippen LogP contribution in [-0.4, -0.2) is 42.3 Å². The van der Waals surface area contributed by atoms with Crippen molar-refractivity contribution < 1.29 is 14.6 Å². The minimum absolute atomic E-state index is 0.00625. The zero-order chi connectivity index (χ0) is 13.8. The molecule has 104 valence electrons. The minimum Gasteiger partial charge on any atom is -0.383 e. The van der Waals surface area contributed by atoms with Gasteiger partial charge in [-0.1, -0.05) is 13.8 Å². The van der Waals surface area contributed by atoms with Gasteiger partial charge in [0.15, 0.2) is 0 Å². The van der Waals surface area contributed by atoms with Gasteiger partial charge < -0.3 is 14.6 Å². The second-order valence-electron chi connectivity index (χ2n) is 4.57. The van der Waals surface area contributed by atoms with Crippen LogP contribution >= 0.6 is 15.9 Å². The summed E-state index contributed by atoms with van der Waals surface area (Å²) >= 11 is 3.44. The normalized spacial score (nSPS) is 15.1. The first-order valence-corrected chi connectivity index (χ1v) is 6.68. The van der Waals surface area contributed by atoms with Gasteiger partial charge in [-0.05, 0) is 21.8 Å². The van der Waals surface area contributed by atoms with Crippen LogP contribution in [0.2, 0.25) is 0 Å². The minimum atomic E-state index is -1.07. The van der Waals surface area contributed by atoms with E-state index in [1.54, 1.807) is 25.1 Å². The highest BCUT2D eigenvalue weighted by molar-refractivity contribution is 9.10. The molecule has 0 amide bonds. The van der Waals surface area contributed by atoms with Crippen LogP contribution in [0.5, 0.6) is 0 Å². The van der Waals surface area contributed by atoms with Crippen molar-refractivity contribution in [2.75, 3.05) is 27.4 Å². The standard InChI is InChI=1S/C12H21BrN2O3/c1-9(2)12(16,8-18-4)11-10(13)7-14-15(11)5-6-17-3/h7,9,16H,5-6,8H2,1-4H3. The molecule has 6 heteroatoms. The average Bonchev–Trinajstić information content (AvgIpc) is 2.68. The number of hydrogen-bond donors (Lipinski definition) is 1. The molecule has 0 aliphatic carbocycles. The molecule has 0 fully saturated rings. The quantitative estimate of drug-likeness (QED) is 0.832. The second kappa shape index (κ2) is 6.65. The lowest BCUT2D eigenvalue weighted by Gasteiger charge is -2.32. The fourth-order valence-corrected chi connectivity index (χ4v) is 2.51. The van der Waals surface area contributed by atoms with Crippen molar-refractivity contribution in [1.82, 2.24) is 9.78 Å². The topological polar surface area (TPSA) is 56.5 Å². The highest BCUT2D eigenvalue weighted by Crippen LogP contribution is 2.34. The Labute approximate surface area is 116 Å². The van der Waals surface area contributed by atoms with Crippen LogP contribution < -0.4 is 0 Å². The Kier molecular flexibility index (Phi) is 5.78. The zero-order valence-electron chi connectivity index (χ0n) is 11.3. The van der Waals surface area contributed by atoms with Crippen LogP contribution in [0.25, 0.3) is 0 Å². The van der Waals surface area contributed by atoms with Crippen LogP contribution in [0.15, 0.2) is 10.7 Å². The Bertz CT molecular complexity index is 381. The number of halogens is 1. The van der Waals surface area contributed by atoms with Crippen LogP contribution in [0, 0.1) is 5.92 Å². The summed E-state index contributed by atoms with van der Waals surface area (Å²) in [5.74, 6) is 0.00625. The molecule has 1 aromatic rings. The molecule has 0 aromatic carbocycles. The lowest BCUT2D eigenvalue weighted by molar-refractivity contribution is -0.0769. The van der Waals surface area contributed by atoms with Crippen molar-refractivity contribution in [2.45, 2.75) is 26.0 Å². The highest BCUT2D eigenvalue weighted by atomic mass is 79.9. The SMILES string of the molecule is COCCn1ncc(Br)c1C(O)(COC)C(C)C. The van der Waals surface area contributed by atoms with Crippen molar-refractivity contribution in [2.24, 2.45) is 5.92 Å². The summed E-state index contributed by atoms with van der Waals surface area (Å²) in [5, 5.41) is 15.1. The first-order chi connectivity index (χ1) is 8.47. The van der Waals surface area contributed by atoms with E-state index >= 15 is 0 Å². The van der Waals surface area contributed by atoms with Crippen molar-refractivity contribution in [3.05, 3.63) is 16.4 Å². The molecule has 1 N–H and O–H groups in total. The van der Waals surface area contributed by atoms with E-state index in [4.69, 9.17) is 9.47 Å². The lowest BCUT2D eigenvalue weighted by Crippen LogP contribution is -2.39. The van der Waals surface area contributed by atoms with E-state index in [9.17, 15) is 5.11 Å². The fourth-order valence-electron chi connectivity index (χ4n) is 1.87. The van der Waals surface area contributed by atoms with Crippen molar-refractivity contribution in [3.63, 3.8) is 0 Å². The van der Waals surface area contributed by atoms with Gasteiger partial charge in [0.05, 0.1) is 36.1 Å². The maximum absolute atomic E-state index is 10.9. The van der Waals surface area contributed by atoms with E-state index in [1.807, 2.05) is 13.8 Å². The molecule has 0 radical (unpaired) electrons. The number of aromatic nitrogens is 2. The maximum Gasteiger partial charge on any atom is 0.133 e. The number of ether oxygens (including phenoxy) is 2. The van der Waals surface area contributed by atoms with Crippen LogP contribution in [0.4, 0.5) is 0 Å². The van der Waals surface area contributed by atoms with Gasteiger partial charge in [-0.2, -0.15) is 5.10 Å². The molecule has 0 aliphatic heterocycles. The van der Waals surface area contributed by atoms with Gasteiger partial charge in [0.25, 0.3) is 0 Å². The molecule has 0 saturated heterocycles.